The molecule has 4 heteroatoms. The molecule has 0 aromatic rings. The molecule has 0 amide bonds. The van der Waals surface area contributed by atoms with Gasteiger partial charge in [-0.1, -0.05) is 53.4 Å². The van der Waals surface area contributed by atoms with Crippen molar-refractivity contribution < 1.29 is 0 Å². The summed E-state index contributed by atoms with van der Waals surface area (Å²) in [6, 6.07) is 0. The van der Waals surface area contributed by atoms with Crippen LogP contribution in [0.25, 0.3) is 0 Å². The molecule has 0 aromatic heterocycles. The summed E-state index contributed by atoms with van der Waals surface area (Å²) in [5.41, 5.74) is 0. The van der Waals surface area contributed by atoms with E-state index in [0.717, 1.165) is 11.5 Å². The smallest absolute Gasteiger partial charge is 0.0300 e. The molecule has 0 heterocycles. The minimum Gasteiger partial charge on any atom is -0.0927 e. The van der Waals surface area contributed by atoms with Crippen LogP contribution in [0.3, 0.4) is 0 Å². The summed E-state index contributed by atoms with van der Waals surface area (Å²) in [7, 11) is 3.85. The third-order valence-electron chi connectivity index (χ3n) is 0.888. The molecule has 0 fully saturated rings. The van der Waals surface area contributed by atoms with Crippen LogP contribution >= 0.6 is 53.4 Å². The van der Waals surface area contributed by atoms with Crippen LogP contribution in [0.5, 0.6) is 0 Å². The first-order valence-electron chi connectivity index (χ1n) is 3.83. The van der Waals surface area contributed by atoms with Gasteiger partial charge in [0.2, 0.25) is 0 Å². The second kappa shape index (κ2) is 5.52. The molecule has 0 aliphatic rings. The van der Waals surface area contributed by atoms with Gasteiger partial charge in [-0.2, -0.15) is 0 Å². The van der Waals surface area contributed by atoms with Crippen LogP contribution in [0, 0.1) is 0 Å². The van der Waals surface area contributed by atoms with E-state index in [4.69, 9.17) is 0 Å². The topological polar surface area (TPSA) is 0 Å². The fourth-order valence-corrected chi connectivity index (χ4v) is 4.95. The summed E-state index contributed by atoms with van der Waals surface area (Å²) in [6.45, 7) is 8.78. The maximum Gasteiger partial charge on any atom is 0.0300 e. The summed E-state index contributed by atoms with van der Waals surface area (Å²) in [6.07, 6.45) is 0. The van der Waals surface area contributed by atoms with Crippen LogP contribution in [0.4, 0.5) is 0 Å². The zero-order valence-corrected chi connectivity index (χ0v) is 12.8. The van der Waals surface area contributed by atoms with Gasteiger partial charge in [-0.05, 0) is 27.7 Å². The molecule has 0 nitrogen and oxygen atoms in total. The molecule has 74 valence electrons. The fraction of sp³-hybridized carbons (Fsp3) is 1.00. The number of halogens is 2. The second-order valence-electron chi connectivity index (χ2n) is 3.96. The Morgan fingerprint density at radius 2 is 1.08 bits per heavy atom. The van der Waals surface area contributed by atoms with E-state index in [1.807, 2.05) is 21.6 Å². The Bertz CT molecular complexity index is 108. The standard InChI is InChI=1S/C8H16Br2S2/c1-7(2,9)5-11-12-6-8(3,4)10/h5-6H2,1-4H3. The minimum absolute atomic E-state index is 0.265. The van der Waals surface area contributed by atoms with Crippen LogP contribution in [0.15, 0.2) is 0 Å². The Morgan fingerprint density at radius 1 is 0.833 bits per heavy atom. The van der Waals surface area contributed by atoms with Crippen LogP contribution in [-0.4, -0.2) is 20.2 Å². The van der Waals surface area contributed by atoms with Gasteiger partial charge in [-0.25, -0.2) is 0 Å². The lowest BCUT2D eigenvalue weighted by Gasteiger charge is -2.17. The summed E-state index contributed by atoms with van der Waals surface area (Å²) >= 11 is 7.23. The van der Waals surface area contributed by atoms with Crippen LogP contribution < -0.4 is 0 Å². The molecule has 0 aliphatic heterocycles. The molecule has 0 aliphatic carbocycles. The molecular formula is C8H16Br2S2. The van der Waals surface area contributed by atoms with Gasteiger partial charge in [0, 0.05) is 20.2 Å². The van der Waals surface area contributed by atoms with E-state index in [-0.39, 0.29) is 8.65 Å². The molecule has 0 N–H and O–H groups in total. The summed E-state index contributed by atoms with van der Waals surface area (Å²) < 4.78 is 0.530. The minimum atomic E-state index is 0.265. The van der Waals surface area contributed by atoms with Gasteiger partial charge in [0.15, 0.2) is 0 Å². The quantitative estimate of drug-likeness (QED) is 0.405. The van der Waals surface area contributed by atoms with Gasteiger partial charge < -0.3 is 0 Å². The van der Waals surface area contributed by atoms with E-state index in [9.17, 15) is 0 Å². The first-order chi connectivity index (χ1) is 5.21. The summed E-state index contributed by atoms with van der Waals surface area (Å²) in [4.78, 5) is 0. The molecule has 0 unspecified atom stereocenters. The van der Waals surface area contributed by atoms with Gasteiger partial charge in [-0.3, -0.25) is 0 Å². The zero-order chi connectivity index (χ0) is 9.83. The Labute approximate surface area is 101 Å². The molecular weight excluding hydrogens is 320 g/mol. The molecule has 0 bridgehead atoms. The molecule has 0 rings (SSSR count). The SMILES string of the molecule is CC(C)(Br)CSSCC(C)(C)Br. The average Bonchev–Trinajstić information content (AvgIpc) is 1.76. The number of hydrogen-bond acceptors (Lipinski definition) is 2. The van der Waals surface area contributed by atoms with E-state index < -0.39 is 0 Å². The maximum atomic E-state index is 3.61. The molecule has 0 atom stereocenters. The Balaban J connectivity index is 3.35. The van der Waals surface area contributed by atoms with Gasteiger partial charge in [0.1, 0.15) is 0 Å². The van der Waals surface area contributed by atoms with Crippen LogP contribution in [-0.2, 0) is 0 Å². The fourth-order valence-electron chi connectivity index (χ4n) is 0.364. The lowest BCUT2D eigenvalue weighted by Crippen LogP contribution is -2.14. The Morgan fingerprint density at radius 3 is 1.25 bits per heavy atom. The van der Waals surface area contributed by atoms with Crippen molar-refractivity contribution in [2.24, 2.45) is 0 Å². The van der Waals surface area contributed by atoms with Crippen LogP contribution in [0.1, 0.15) is 27.7 Å². The van der Waals surface area contributed by atoms with E-state index in [0.29, 0.717) is 0 Å². The molecule has 0 saturated carbocycles. The van der Waals surface area contributed by atoms with Crippen molar-refractivity contribution in [3.8, 4) is 0 Å². The van der Waals surface area contributed by atoms with Crippen LogP contribution in [0.2, 0.25) is 0 Å². The zero-order valence-electron chi connectivity index (χ0n) is 7.99. The average molecular weight is 336 g/mol. The van der Waals surface area contributed by atoms with E-state index >= 15 is 0 Å². The highest BCUT2D eigenvalue weighted by Crippen LogP contribution is 2.34. The third-order valence-corrected chi connectivity index (χ3v) is 5.24. The third kappa shape index (κ3) is 11.7. The summed E-state index contributed by atoms with van der Waals surface area (Å²) in [5.74, 6) is 2.28. The second-order valence-corrected chi connectivity index (χ2v) is 10.7. The maximum absolute atomic E-state index is 3.61. The highest BCUT2D eigenvalue weighted by molar-refractivity contribution is 9.10. The number of rotatable bonds is 5. The predicted molar refractivity (Wildman–Crippen MR) is 70.9 cm³/mol. The Kier molecular flexibility index (Phi) is 6.28. The normalized spacial score (nSPS) is 13.5. The van der Waals surface area contributed by atoms with Crippen molar-refractivity contribution in [2.75, 3.05) is 11.5 Å². The Hall–Kier alpha value is 1.66. The van der Waals surface area contributed by atoms with Crippen molar-refractivity contribution in [3.05, 3.63) is 0 Å². The summed E-state index contributed by atoms with van der Waals surface area (Å²) in [5, 5.41) is 0. The van der Waals surface area contributed by atoms with Gasteiger partial charge in [-0.15, -0.1) is 0 Å². The first kappa shape index (κ1) is 13.7. The molecule has 0 saturated heterocycles. The molecule has 12 heavy (non-hydrogen) atoms. The van der Waals surface area contributed by atoms with Crippen molar-refractivity contribution in [1.29, 1.82) is 0 Å². The van der Waals surface area contributed by atoms with Crippen molar-refractivity contribution >= 4 is 53.4 Å². The van der Waals surface area contributed by atoms with Crippen molar-refractivity contribution in [2.45, 2.75) is 36.3 Å². The largest absolute Gasteiger partial charge is 0.0927 e. The van der Waals surface area contributed by atoms with E-state index in [1.54, 1.807) is 0 Å². The van der Waals surface area contributed by atoms with Gasteiger partial charge in [0.25, 0.3) is 0 Å². The lowest BCUT2D eigenvalue weighted by atomic mass is 10.3. The lowest BCUT2D eigenvalue weighted by molar-refractivity contribution is 0.836. The van der Waals surface area contributed by atoms with Crippen molar-refractivity contribution in [3.63, 3.8) is 0 Å². The monoisotopic (exact) mass is 334 g/mol. The predicted octanol–water partition coefficient (Wildman–Crippen LogP) is 4.71. The first-order valence-corrected chi connectivity index (χ1v) is 7.90. The molecule has 0 aromatic carbocycles. The highest BCUT2D eigenvalue weighted by Gasteiger charge is 2.15. The molecule has 0 radical (unpaired) electrons. The highest BCUT2D eigenvalue weighted by atomic mass is 79.9. The number of alkyl halides is 2. The van der Waals surface area contributed by atoms with Gasteiger partial charge >= 0.3 is 0 Å². The van der Waals surface area contributed by atoms with Crippen molar-refractivity contribution in [1.82, 2.24) is 0 Å². The number of hydrogen-bond donors (Lipinski definition) is 0. The molecule has 0 spiro atoms. The van der Waals surface area contributed by atoms with Gasteiger partial charge in [0.05, 0.1) is 0 Å². The van der Waals surface area contributed by atoms with E-state index in [1.165, 1.54) is 0 Å². The van der Waals surface area contributed by atoms with E-state index in [2.05, 4.69) is 59.6 Å².